The van der Waals surface area contributed by atoms with Crippen molar-refractivity contribution in [1.82, 2.24) is 4.90 Å². The Kier molecular flexibility index (Phi) is 5.58. The Morgan fingerprint density at radius 1 is 0.943 bits per heavy atom. The van der Waals surface area contributed by atoms with Crippen LogP contribution < -0.4 is 10.6 Å². The van der Waals surface area contributed by atoms with Gasteiger partial charge < -0.3 is 10.6 Å². The zero-order valence-corrected chi connectivity index (χ0v) is 18.5. The molecule has 3 aromatic rings. The number of anilines is 2. The first-order valence-corrected chi connectivity index (χ1v) is 11.0. The first kappa shape index (κ1) is 22.0. The molecular formula is C26H20N4O5. The Labute approximate surface area is 200 Å². The van der Waals surface area contributed by atoms with Crippen LogP contribution in [0.1, 0.15) is 29.5 Å². The Bertz CT molecular complexity index is 1380. The summed E-state index contributed by atoms with van der Waals surface area (Å²) in [5.41, 5.74) is 3.83. The highest BCUT2D eigenvalue weighted by atomic mass is 16.6. The van der Waals surface area contributed by atoms with E-state index in [0.29, 0.717) is 28.2 Å². The molecule has 0 atom stereocenters. The molecular weight excluding hydrogens is 448 g/mol. The number of nitro groups is 1. The number of non-ortho nitro benzene ring substituents is 1. The second kappa shape index (κ2) is 8.86. The maximum absolute atomic E-state index is 13.0. The highest BCUT2D eigenvalue weighted by Crippen LogP contribution is 2.39. The summed E-state index contributed by atoms with van der Waals surface area (Å²) in [4.78, 5) is 48.9. The molecule has 2 heterocycles. The van der Waals surface area contributed by atoms with Crippen molar-refractivity contribution in [2.45, 2.75) is 19.4 Å². The fourth-order valence-electron chi connectivity index (χ4n) is 4.22. The summed E-state index contributed by atoms with van der Waals surface area (Å²) < 4.78 is 0. The minimum absolute atomic E-state index is 0.111. The third kappa shape index (κ3) is 4.26. The Hall–Kier alpha value is -4.79. The van der Waals surface area contributed by atoms with E-state index in [1.807, 2.05) is 42.5 Å². The van der Waals surface area contributed by atoms with Crippen LogP contribution in [0.5, 0.6) is 0 Å². The molecule has 0 radical (unpaired) electrons. The van der Waals surface area contributed by atoms with E-state index in [0.717, 1.165) is 11.1 Å². The molecule has 1 fully saturated rings. The van der Waals surface area contributed by atoms with Crippen molar-refractivity contribution < 1.29 is 19.3 Å². The van der Waals surface area contributed by atoms with Crippen LogP contribution in [0.2, 0.25) is 0 Å². The van der Waals surface area contributed by atoms with Crippen LogP contribution in [0.15, 0.2) is 72.8 Å². The molecule has 0 bridgehead atoms. The van der Waals surface area contributed by atoms with Gasteiger partial charge in [-0.25, -0.2) is 0 Å². The molecule has 9 nitrogen and oxygen atoms in total. The molecule has 3 aromatic carbocycles. The van der Waals surface area contributed by atoms with Crippen molar-refractivity contribution in [3.63, 3.8) is 0 Å². The monoisotopic (exact) mass is 468 g/mol. The summed E-state index contributed by atoms with van der Waals surface area (Å²) in [5.74, 6) is -0.712. The van der Waals surface area contributed by atoms with Crippen molar-refractivity contribution in [3.05, 3.63) is 99.6 Å². The number of nitrogens with one attached hydrogen (secondary N) is 2. The van der Waals surface area contributed by atoms with Gasteiger partial charge in [0, 0.05) is 41.9 Å². The van der Waals surface area contributed by atoms with Gasteiger partial charge >= 0.3 is 0 Å². The molecule has 0 unspecified atom stereocenters. The number of carbonyl (C=O) groups is 3. The average molecular weight is 468 g/mol. The minimum Gasteiger partial charge on any atom is -0.354 e. The number of nitro benzene ring substituents is 1. The molecule has 35 heavy (non-hydrogen) atoms. The normalized spacial score (nSPS) is 16.2. The van der Waals surface area contributed by atoms with Gasteiger partial charge in [0.2, 0.25) is 11.8 Å². The van der Waals surface area contributed by atoms with Gasteiger partial charge in [-0.15, -0.1) is 0 Å². The second-order valence-corrected chi connectivity index (χ2v) is 8.25. The van der Waals surface area contributed by atoms with Gasteiger partial charge in [0.05, 0.1) is 22.7 Å². The molecule has 2 N–H and O–H groups in total. The molecule has 0 aromatic heterocycles. The lowest BCUT2D eigenvalue weighted by Gasteiger charge is -2.16. The summed E-state index contributed by atoms with van der Waals surface area (Å²) in [6, 6.07) is 20.7. The Balaban J connectivity index is 1.52. The van der Waals surface area contributed by atoms with E-state index < -0.39 is 4.92 Å². The van der Waals surface area contributed by atoms with E-state index in [2.05, 4.69) is 10.6 Å². The van der Waals surface area contributed by atoms with Gasteiger partial charge in [-0.3, -0.25) is 29.4 Å². The first-order chi connectivity index (χ1) is 16.9. The van der Waals surface area contributed by atoms with Gasteiger partial charge in [-0.2, -0.15) is 0 Å². The molecule has 1 saturated heterocycles. The molecule has 0 saturated carbocycles. The first-order valence-electron chi connectivity index (χ1n) is 11.0. The van der Waals surface area contributed by atoms with E-state index >= 15 is 0 Å². The number of fused-ring (bicyclic) bond motifs is 1. The lowest BCUT2D eigenvalue weighted by Crippen LogP contribution is -2.28. The zero-order chi connectivity index (χ0) is 24.5. The quantitative estimate of drug-likeness (QED) is 0.242. The summed E-state index contributed by atoms with van der Waals surface area (Å²) in [5, 5.41) is 17.4. The van der Waals surface area contributed by atoms with E-state index in [1.165, 1.54) is 23.1 Å². The number of hydrogen-bond acceptors (Lipinski definition) is 6. The number of hydrogen-bond donors (Lipinski definition) is 2. The van der Waals surface area contributed by atoms with Crippen LogP contribution >= 0.6 is 0 Å². The number of benzene rings is 3. The molecule has 174 valence electrons. The molecule has 0 aliphatic carbocycles. The van der Waals surface area contributed by atoms with Gasteiger partial charge in [0.15, 0.2) is 0 Å². The summed E-state index contributed by atoms with van der Waals surface area (Å²) in [6.07, 6.45) is 0.488. The van der Waals surface area contributed by atoms with Crippen LogP contribution in [0.4, 0.5) is 17.1 Å². The average Bonchev–Trinajstić information content (AvgIpc) is 3.36. The summed E-state index contributed by atoms with van der Waals surface area (Å²) in [6.45, 7) is 0.212. The highest BCUT2D eigenvalue weighted by Gasteiger charge is 2.31. The predicted molar refractivity (Wildman–Crippen MR) is 130 cm³/mol. The molecule has 0 spiro atoms. The number of nitrogens with zero attached hydrogens (tertiary/aromatic N) is 2. The number of likely N-dealkylation sites (tertiary alicyclic amines) is 1. The molecule has 3 amide bonds. The third-order valence-corrected chi connectivity index (χ3v) is 5.99. The number of imide groups is 1. The largest absolute Gasteiger partial charge is 0.354 e. The Morgan fingerprint density at radius 3 is 2.29 bits per heavy atom. The van der Waals surface area contributed by atoms with Gasteiger partial charge in [0.25, 0.3) is 11.6 Å². The maximum Gasteiger partial charge on any atom is 0.270 e. The zero-order valence-electron chi connectivity index (χ0n) is 18.5. The van der Waals surface area contributed by atoms with E-state index in [-0.39, 0.29) is 42.8 Å². The molecule has 5 rings (SSSR count). The highest BCUT2D eigenvalue weighted by molar-refractivity contribution is 6.37. The topological polar surface area (TPSA) is 122 Å². The van der Waals surface area contributed by atoms with Crippen molar-refractivity contribution in [2.24, 2.45) is 0 Å². The maximum atomic E-state index is 13.0. The van der Waals surface area contributed by atoms with E-state index in [4.69, 9.17) is 0 Å². The van der Waals surface area contributed by atoms with E-state index in [1.54, 1.807) is 12.1 Å². The fraction of sp³-hybridized carbons (Fsp3) is 0.115. The van der Waals surface area contributed by atoms with Crippen molar-refractivity contribution in [2.75, 3.05) is 10.6 Å². The number of carbonyl (C=O) groups excluding carboxylic acids is 3. The third-order valence-electron chi connectivity index (χ3n) is 5.99. The van der Waals surface area contributed by atoms with Gasteiger partial charge in [-0.05, 0) is 29.3 Å². The summed E-state index contributed by atoms with van der Waals surface area (Å²) >= 11 is 0. The summed E-state index contributed by atoms with van der Waals surface area (Å²) in [7, 11) is 0. The number of rotatable bonds is 6. The van der Waals surface area contributed by atoms with E-state index in [9.17, 15) is 24.5 Å². The van der Waals surface area contributed by atoms with Gasteiger partial charge in [0.1, 0.15) is 0 Å². The number of amides is 3. The molecule has 9 heteroatoms. The van der Waals surface area contributed by atoms with Crippen LogP contribution in [-0.2, 0) is 20.9 Å². The van der Waals surface area contributed by atoms with Gasteiger partial charge in [-0.1, -0.05) is 42.5 Å². The minimum atomic E-state index is -0.495. The molecule has 2 aliphatic heterocycles. The lowest BCUT2D eigenvalue weighted by atomic mass is 9.99. The fourth-order valence-corrected chi connectivity index (χ4v) is 4.22. The predicted octanol–water partition coefficient (Wildman–Crippen LogP) is 4.18. The lowest BCUT2D eigenvalue weighted by molar-refractivity contribution is -0.384. The van der Waals surface area contributed by atoms with Crippen LogP contribution in [0, 0.1) is 10.1 Å². The Morgan fingerprint density at radius 2 is 1.63 bits per heavy atom. The molecule has 2 aliphatic rings. The van der Waals surface area contributed by atoms with Crippen LogP contribution in [-0.4, -0.2) is 27.5 Å². The van der Waals surface area contributed by atoms with Crippen LogP contribution in [0.25, 0.3) is 11.3 Å². The van der Waals surface area contributed by atoms with Crippen molar-refractivity contribution in [1.29, 1.82) is 0 Å². The SMILES string of the molecule is O=C1Nc2ccc([N+](=O)[O-])cc2C1=C(Nc1ccc(CN2C(=O)CCC2=O)cc1)c1ccccc1. The van der Waals surface area contributed by atoms with Crippen LogP contribution in [0.3, 0.4) is 0 Å². The smallest absolute Gasteiger partial charge is 0.270 e. The van der Waals surface area contributed by atoms with Crippen molar-refractivity contribution in [3.8, 4) is 0 Å². The van der Waals surface area contributed by atoms with Crippen molar-refractivity contribution >= 4 is 46.1 Å². The second-order valence-electron chi connectivity index (χ2n) is 8.25. The standard InChI is InChI=1S/C26H20N4O5/c31-22-12-13-23(32)29(22)15-16-6-8-18(9-7-16)27-25(17-4-2-1-3-5-17)24-20-14-19(30(34)35)10-11-21(20)28-26(24)33/h1-11,14,27H,12-13,15H2,(H,28,33).